The molecule has 0 amide bonds. The summed E-state index contributed by atoms with van der Waals surface area (Å²) in [5.41, 5.74) is 5.47. The first-order valence-corrected chi connectivity index (χ1v) is 9.68. The van der Waals surface area contributed by atoms with Crippen molar-refractivity contribution in [3.8, 4) is 11.5 Å². The van der Waals surface area contributed by atoms with Gasteiger partial charge in [-0.25, -0.2) is 0 Å². The van der Waals surface area contributed by atoms with Gasteiger partial charge in [0.05, 0.1) is 0 Å². The summed E-state index contributed by atoms with van der Waals surface area (Å²) in [6, 6.07) is 36.5. The molecule has 0 aliphatic rings. The lowest BCUT2D eigenvalue weighted by Gasteiger charge is -2.11. The summed E-state index contributed by atoms with van der Waals surface area (Å²) in [6.45, 7) is 4.24. The molecule has 0 atom stereocenters. The molecule has 142 valence electrons. The largest absolute Gasteiger partial charge is 0.457 e. The maximum atomic E-state index is 6.12. The van der Waals surface area contributed by atoms with E-state index in [1.807, 2.05) is 84.9 Å². The molecule has 0 unspecified atom stereocenters. The van der Waals surface area contributed by atoms with Crippen molar-refractivity contribution in [3.05, 3.63) is 127 Å². The van der Waals surface area contributed by atoms with Crippen LogP contribution in [-0.2, 0) is 6.42 Å². The average Bonchev–Trinajstić information content (AvgIpc) is 2.76. The normalized spacial score (nSPS) is 10.3. The number of anilines is 2. The number of allylic oxidation sites excluding steroid dienone is 1. The molecule has 4 rings (SSSR count). The van der Waals surface area contributed by atoms with Gasteiger partial charge >= 0.3 is 0 Å². The molecule has 0 aliphatic heterocycles. The highest BCUT2D eigenvalue weighted by Crippen LogP contribution is 2.27. The average molecular weight is 377 g/mol. The van der Waals surface area contributed by atoms with E-state index in [-0.39, 0.29) is 0 Å². The van der Waals surface area contributed by atoms with E-state index in [9.17, 15) is 0 Å². The summed E-state index contributed by atoms with van der Waals surface area (Å²) in [7, 11) is 0. The zero-order valence-corrected chi connectivity index (χ0v) is 16.2. The third-order valence-electron chi connectivity index (χ3n) is 4.63. The summed E-state index contributed by atoms with van der Waals surface area (Å²) in [6.07, 6.45) is 0.789. The lowest BCUT2D eigenvalue weighted by atomic mass is 10.00. The van der Waals surface area contributed by atoms with Gasteiger partial charge in [0.25, 0.3) is 0 Å². The molecule has 0 saturated carbocycles. The number of hydrogen-bond acceptors (Lipinski definition) is 2. The van der Waals surface area contributed by atoms with Crippen LogP contribution in [0.4, 0.5) is 11.4 Å². The number of benzene rings is 4. The second-order valence-corrected chi connectivity index (χ2v) is 6.91. The van der Waals surface area contributed by atoms with Crippen molar-refractivity contribution in [3.63, 3.8) is 0 Å². The van der Waals surface area contributed by atoms with E-state index in [2.05, 4.69) is 36.2 Å². The molecular formula is C27H23NO. The molecule has 2 nitrogen and oxygen atoms in total. The number of nitrogens with one attached hydrogen (secondary N) is 1. The van der Waals surface area contributed by atoms with Crippen molar-refractivity contribution in [2.75, 3.05) is 5.32 Å². The Morgan fingerprint density at radius 3 is 2.03 bits per heavy atom. The summed E-state index contributed by atoms with van der Waals surface area (Å²) in [5.74, 6) is 1.62. The Bertz CT molecular complexity index is 1090. The Labute approximate surface area is 172 Å². The smallest absolute Gasteiger partial charge is 0.129 e. The van der Waals surface area contributed by atoms with E-state index in [1.54, 1.807) is 0 Å². The van der Waals surface area contributed by atoms with Crippen LogP contribution in [0, 0.1) is 0 Å². The zero-order chi connectivity index (χ0) is 19.9. The summed E-state index contributed by atoms with van der Waals surface area (Å²) >= 11 is 0. The van der Waals surface area contributed by atoms with Crippen molar-refractivity contribution in [1.29, 1.82) is 0 Å². The Balaban J connectivity index is 1.45. The van der Waals surface area contributed by atoms with Crippen LogP contribution in [0.3, 0.4) is 0 Å². The minimum atomic E-state index is 0.789. The van der Waals surface area contributed by atoms with Gasteiger partial charge in [-0.2, -0.15) is 0 Å². The fraction of sp³-hybridized carbons (Fsp3) is 0.0370. The van der Waals surface area contributed by atoms with Crippen LogP contribution in [0.1, 0.15) is 11.1 Å². The topological polar surface area (TPSA) is 21.3 Å². The van der Waals surface area contributed by atoms with Crippen LogP contribution in [-0.4, -0.2) is 0 Å². The van der Waals surface area contributed by atoms with Gasteiger partial charge in [-0.1, -0.05) is 73.3 Å². The summed E-state index contributed by atoms with van der Waals surface area (Å²) < 4.78 is 6.12. The summed E-state index contributed by atoms with van der Waals surface area (Å²) in [5, 5.41) is 3.39. The van der Waals surface area contributed by atoms with Gasteiger partial charge in [0.2, 0.25) is 0 Å². The Morgan fingerprint density at radius 2 is 1.28 bits per heavy atom. The quantitative estimate of drug-likeness (QED) is 0.360. The fourth-order valence-corrected chi connectivity index (χ4v) is 3.20. The molecular weight excluding hydrogens is 354 g/mol. The first-order chi connectivity index (χ1) is 14.3. The van der Waals surface area contributed by atoms with Crippen LogP contribution in [0.5, 0.6) is 11.5 Å². The van der Waals surface area contributed by atoms with E-state index in [4.69, 9.17) is 4.74 Å². The lowest BCUT2D eigenvalue weighted by Crippen LogP contribution is -1.92. The predicted molar refractivity (Wildman–Crippen MR) is 122 cm³/mol. The van der Waals surface area contributed by atoms with Gasteiger partial charge < -0.3 is 10.1 Å². The van der Waals surface area contributed by atoms with Gasteiger partial charge in [0.1, 0.15) is 11.5 Å². The van der Waals surface area contributed by atoms with Gasteiger partial charge in [-0.15, -0.1) is 0 Å². The Morgan fingerprint density at radius 1 is 0.655 bits per heavy atom. The van der Waals surface area contributed by atoms with E-state index in [0.717, 1.165) is 34.9 Å². The molecule has 0 fully saturated rings. The van der Waals surface area contributed by atoms with E-state index < -0.39 is 0 Å². The fourth-order valence-electron chi connectivity index (χ4n) is 3.20. The van der Waals surface area contributed by atoms with Crippen molar-refractivity contribution in [2.24, 2.45) is 0 Å². The molecule has 0 saturated heterocycles. The monoisotopic (exact) mass is 377 g/mol. The Hall–Kier alpha value is -3.78. The van der Waals surface area contributed by atoms with E-state index >= 15 is 0 Å². The van der Waals surface area contributed by atoms with E-state index in [1.165, 1.54) is 11.1 Å². The molecule has 4 aromatic rings. The van der Waals surface area contributed by atoms with Crippen LogP contribution in [0.15, 0.2) is 116 Å². The number of ether oxygens (including phenoxy) is 1. The molecule has 29 heavy (non-hydrogen) atoms. The van der Waals surface area contributed by atoms with Crippen LogP contribution in [0.25, 0.3) is 5.57 Å². The van der Waals surface area contributed by atoms with Gasteiger partial charge in [-0.3, -0.25) is 0 Å². The predicted octanol–water partition coefficient (Wildman–Crippen LogP) is 7.48. The van der Waals surface area contributed by atoms with Crippen molar-refractivity contribution in [2.45, 2.75) is 6.42 Å². The van der Waals surface area contributed by atoms with Crippen molar-refractivity contribution in [1.82, 2.24) is 0 Å². The molecule has 0 aromatic heterocycles. The minimum Gasteiger partial charge on any atom is -0.457 e. The highest BCUT2D eigenvalue weighted by molar-refractivity contribution is 5.66. The third-order valence-corrected chi connectivity index (χ3v) is 4.63. The van der Waals surface area contributed by atoms with Gasteiger partial charge in [0.15, 0.2) is 0 Å². The molecule has 0 spiro atoms. The van der Waals surface area contributed by atoms with Gasteiger partial charge in [-0.05, 0) is 59.5 Å². The molecule has 0 bridgehead atoms. The maximum Gasteiger partial charge on any atom is 0.129 e. The number of rotatable bonds is 7. The first kappa shape index (κ1) is 18.6. The van der Waals surface area contributed by atoms with E-state index in [0.29, 0.717) is 0 Å². The van der Waals surface area contributed by atoms with Crippen LogP contribution >= 0.6 is 0 Å². The minimum absolute atomic E-state index is 0.789. The zero-order valence-electron chi connectivity index (χ0n) is 16.2. The second kappa shape index (κ2) is 8.94. The van der Waals surface area contributed by atoms with Crippen LogP contribution < -0.4 is 10.1 Å². The number of para-hydroxylation sites is 1. The summed E-state index contributed by atoms with van der Waals surface area (Å²) in [4.78, 5) is 0. The molecule has 4 aromatic carbocycles. The molecule has 2 heteroatoms. The highest BCUT2D eigenvalue weighted by atomic mass is 16.5. The highest BCUT2D eigenvalue weighted by Gasteiger charge is 2.04. The number of hydrogen-bond donors (Lipinski definition) is 1. The molecule has 0 heterocycles. The third kappa shape index (κ3) is 5.14. The Kier molecular flexibility index (Phi) is 5.73. The van der Waals surface area contributed by atoms with Crippen LogP contribution in [0.2, 0.25) is 0 Å². The molecule has 1 N–H and O–H groups in total. The molecule has 0 radical (unpaired) electrons. The maximum absolute atomic E-state index is 6.12. The molecule has 0 aliphatic carbocycles. The standard InChI is InChI=1S/C27H23NO/c1-21(23-11-4-2-5-12-23)18-22-10-8-16-26(19-22)29-27-17-9-15-25(20-27)28-24-13-6-3-7-14-24/h2-17,19-20,28H,1,18H2. The van der Waals surface area contributed by atoms with Gasteiger partial charge in [0, 0.05) is 17.4 Å². The lowest BCUT2D eigenvalue weighted by molar-refractivity contribution is 0.482. The first-order valence-electron chi connectivity index (χ1n) is 9.68. The SMILES string of the molecule is C=C(Cc1cccc(Oc2cccc(Nc3ccccc3)c2)c1)c1ccccc1. The second-order valence-electron chi connectivity index (χ2n) is 6.91. The van der Waals surface area contributed by atoms with Crippen molar-refractivity contribution >= 4 is 16.9 Å². The van der Waals surface area contributed by atoms with Crippen molar-refractivity contribution < 1.29 is 4.74 Å².